The molecule has 0 aromatic carbocycles. The summed E-state index contributed by atoms with van der Waals surface area (Å²) in [5, 5.41) is 16.4. The van der Waals surface area contributed by atoms with Gasteiger partial charge in [-0.3, -0.25) is 4.39 Å². The lowest BCUT2D eigenvalue weighted by Gasteiger charge is -2.22. The van der Waals surface area contributed by atoms with Crippen LogP contribution in [-0.4, -0.2) is 61.5 Å². The van der Waals surface area contributed by atoms with Crippen molar-refractivity contribution >= 4 is 7.32 Å². The minimum atomic E-state index is -3.09. The van der Waals surface area contributed by atoms with Gasteiger partial charge in [-0.1, -0.05) is 0 Å². The van der Waals surface area contributed by atoms with Crippen molar-refractivity contribution in [2.24, 2.45) is 0 Å². The molecule has 0 aromatic heterocycles. The molecule has 114 valence electrons. The molecule has 5 unspecified atom stereocenters. The quantitative estimate of drug-likeness (QED) is 0.473. The van der Waals surface area contributed by atoms with Crippen LogP contribution >= 0.6 is 0 Å². The summed E-state index contributed by atoms with van der Waals surface area (Å²) in [7, 11) is -2.39. The van der Waals surface area contributed by atoms with Gasteiger partial charge in [0.2, 0.25) is 0 Å². The Labute approximate surface area is 106 Å². The Bertz CT molecular complexity index is 238. The molecule has 0 radical (unpaired) electrons. The van der Waals surface area contributed by atoms with Crippen LogP contribution in [0.5, 0.6) is 0 Å². The highest BCUT2D eigenvalue weighted by atomic mass is 19.2. The summed E-state index contributed by atoms with van der Waals surface area (Å²) in [6.07, 6.45) is -15.2. The summed E-state index contributed by atoms with van der Waals surface area (Å²) < 4.78 is 80.8. The van der Waals surface area contributed by atoms with Crippen LogP contribution in [0.3, 0.4) is 0 Å². The van der Waals surface area contributed by atoms with Crippen LogP contribution in [0.1, 0.15) is 12.8 Å². The van der Waals surface area contributed by atoms with E-state index in [-0.39, 0.29) is 6.42 Å². The van der Waals surface area contributed by atoms with E-state index in [1.54, 1.807) is 0 Å². The molecule has 0 bridgehead atoms. The van der Waals surface area contributed by atoms with Crippen LogP contribution in [0.15, 0.2) is 0 Å². The van der Waals surface area contributed by atoms with Gasteiger partial charge in [0.1, 0.15) is 6.17 Å². The smallest absolute Gasteiger partial charge is 0.402 e. The van der Waals surface area contributed by atoms with Crippen LogP contribution in [0.4, 0.5) is 26.3 Å². The Morgan fingerprint density at radius 2 is 1.42 bits per heavy atom. The van der Waals surface area contributed by atoms with E-state index in [1.165, 1.54) is 0 Å². The molecule has 0 aliphatic heterocycles. The average molecular weight is 296 g/mol. The molecule has 0 aliphatic carbocycles. The molecular formula is C9H15BF6O3. The van der Waals surface area contributed by atoms with Crippen molar-refractivity contribution in [1.82, 2.24) is 0 Å². The first-order chi connectivity index (χ1) is 8.81. The zero-order chi connectivity index (χ0) is 15.0. The molecule has 0 fully saturated rings. The summed E-state index contributed by atoms with van der Waals surface area (Å²) in [4.78, 5) is 0. The fourth-order valence-corrected chi connectivity index (χ4v) is 1.28. The van der Waals surface area contributed by atoms with Gasteiger partial charge >= 0.3 is 7.32 Å². The van der Waals surface area contributed by atoms with E-state index < -0.39 is 57.9 Å². The minimum Gasteiger partial charge on any atom is -0.402 e. The maximum atomic E-state index is 13.1. The van der Waals surface area contributed by atoms with Gasteiger partial charge in [0.15, 0.2) is 24.7 Å². The molecule has 0 saturated heterocycles. The second kappa shape index (κ2) is 9.43. The molecule has 0 aliphatic rings. The summed E-state index contributed by atoms with van der Waals surface area (Å²) >= 11 is 0. The summed E-state index contributed by atoms with van der Waals surface area (Å²) in [5.41, 5.74) is 0. The van der Waals surface area contributed by atoms with Crippen molar-refractivity contribution in [3.8, 4) is 0 Å². The first kappa shape index (κ1) is 18.5. The number of hydrogen-bond donors (Lipinski definition) is 2. The van der Waals surface area contributed by atoms with Crippen LogP contribution in [0.25, 0.3) is 0 Å². The Morgan fingerprint density at radius 3 is 1.89 bits per heavy atom. The van der Waals surface area contributed by atoms with E-state index in [9.17, 15) is 26.3 Å². The Balaban J connectivity index is 4.24. The van der Waals surface area contributed by atoms with Crippen LogP contribution in [0.2, 0.25) is 0 Å². The Kier molecular flexibility index (Phi) is 9.20. The fourth-order valence-electron chi connectivity index (χ4n) is 1.28. The molecule has 10 heteroatoms. The topological polar surface area (TPSA) is 49.7 Å². The van der Waals surface area contributed by atoms with Crippen molar-refractivity contribution in [1.29, 1.82) is 0 Å². The van der Waals surface area contributed by atoms with E-state index in [0.717, 1.165) is 0 Å². The zero-order valence-electron chi connectivity index (χ0n) is 9.86. The van der Waals surface area contributed by atoms with Crippen molar-refractivity contribution < 1.29 is 41.0 Å². The lowest BCUT2D eigenvalue weighted by molar-refractivity contribution is -0.0160. The lowest BCUT2D eigenvalue weighted by Crippen LogP contribution is -2.42. The van der Waals surface area contributed by atoms with E-state index in [0.29, 0.717) is 0 Å². The van der Waals surface area contributed by atoms with Gasteiger partial charge in [-0.25, -0.2) is 22.0 Å². The molecular weight excluding hydrogens is 281 g/mol. The largest absolute Gasteiger partial charge is 0.634 e. The summed E-state index contributed by atoms with van der Waals surface area (Å²) in [6.45, 7) is -2.16. The molecule has 0 spiro atoms. The molecule has 0 heterocycles. The maximum Gasteiger partial charge on any atom is 0.634 e. The first-order valence-corrected chi connectivity index (χ1v) is 5.55. The van der Waals surface area contributed by atoms with Crippen LogP contribution in [0, 0.1) is 0 Å². The Hall–Kier alpha value is -0.475. The second-order valence-electron chi connectivity index (χ2n) is 3.86. The zero-order valence-corrected chi connectivity index (χ0v) is 9.86. The standard InChI is InChI=1S/C9H15BF6O3/c11-3-1-2-5(12)7(14)9(16)8(15)6(13)4-19-10(17)18/h5-9,17-18H,1-4H2. The maximum absolute atomic E-state index is 13.1. The molecule has 0 rings (SSSR count). The predicted octanol–water partition coefficient (Wildman–Crippen LogP) is 1.41. The molecule has 5 atom stereocenters. The summed E-state index contributed by atoms with van der Waals surface area (Å²) in [5.74, 6) is 0. The van der Waals surface area contributed by atoms with E-state index in [2.05, 4.69) is 4.65 Å². The Morgan fingerprint density at radius 1 is 0.895 bits per heavy atom. The third-order valence-corrected chi connectivity index (χ3v) is 2.32. The van der Waals surface area contributed by atoms with Gasteiger partial charge in [0.05, 0.1) is 13.3 Å². The van der Waals surface area contributed by atoms with E-state index >= 15 is 0 Å². The monoisotopic (exact) mass is 296 g/mol. The van der Waals surface area contributed by atoms with E-state index in [4.69, 9.17) is 10.0 Å². The van der Waals surface area contributed by atoms with Crippen molar-refractivity contribution in [3.05, 3.63) is 0 Å². The van der Waals surface area contributed by atoms with Crippen LogP contribution < -0.4 is 0 Å². The van der Waals surface area contributed by atoms with Gasteiger partial charge in [-0.2, -0.15) is 0 Å². The normalized spacial score (nSPS) is 19.6. The van der Waals surface area contributed by atoms with Crippen molar-refractivity contribution in [2.45, 2.75) is 43.7 Å². The molecule has 3 nitrogen and oxygen atoms in total. The highest BCUT2D eigenvalue weighted by Crippen LogP contribution is 2.23. The number of halogens is 6. The molecule has 0 aromatic rings. The SMILES string of the molecule is OB(O)OCC(F)C(F)C(F)C(F)C(F)CCCF. The highest BCUT2D eigenvalue weighted by molar-refractivity contribution is 6.32. The molecule has 19 heavy (non-hydrogen) atoms. The first-order valence-electron chi connectivity index (χ1n) is 5.55. The number of alkyl halides is 6. The van der Waals surface area contributed by atoms with Gasteiger partial charge < -0.3 is 14.7 Å². The van der Waals surface area contributed by atoms with E-state index in [1.807, 2.05) is 0 Å². The van der Waals surface area contributed by atoms with Gasteiger partial charge in [-0.15, -0.1) is 0 Å². The third-order valence-electron chi connectivity index (χ3n) is 2.32. The van der Waals surface area contributed by atoms with Gasteiger partial charge in [0, 0.05) is 0 Å². The lowest BCUT2D eigenvalue weighted by atomic mass is 10.0. The van der Waals surface area contributed by atoms with Gasteiger partial charge in [0.25, 0.3) is 0 Å². The van der Waals surface area contributed by atoms with Crippen molar-refractivity contribution in [2.75, 3.05) is 13.3 Å². The predicted molar refractivity (Wildman–Crippen MR) is 55.8 cm³/mol. The average Bonchev–Trinajstić information content (AvgIpc) is 2.39. The molecule has 2 N–H and O–H groups in total. The second-order valence-corrected chi connectivity index (χ2v) is 3.86. The van der Waals surface area contributed by atoms with Crippen molar-refractivity contribution in [3.63, 3.8) is 0 Å². The van der Waals surface area contributed by atoms with Gasteiger partial charge in [-0.05, 0) is 12.8 Å². The fraction of sp³-hybridized carbons (Fsp3) is 1.00. The minimum absolute atomic E-state index is 0.357. The molecule has 0 saturated carbocycles. The highest BCUT2D eigenvalue weighted by Gasteiger charge is 2.40. The number of rotatable bonds is 10. The molecule has 0 amide bonds. The third kappa shape index (κ3) is 7.02. The summed E-state index contributed by atoms with van der Waals surface area (Å²) in [6, 6.07) is 0. The number of hydrogen-bond acceptors (Lipinski definition) is 3. The van der Waals surface area contributed by atoms with Crippen LogP contribution in [-0.2, 0) is 4.65 Å².